The van der Waals surface area contributed by atoms with Crippen LogP contribution < -0.4 is 5.32 Å². The average molecular weight is 310 g/mol. The first-order chi connectivity index (χ1) is 11.3. The molecule has 0 fully saturated rings. The van der Waals surface area contributed by atoms with Crippen molar-refractivity contribution >= 4 is 5.91 Å². The van der Waals surface area contributed by atoms with Gasteiger partial charge in [0, 0.05) is 18.3 Å². The molecule has 3 heteroatoms. The van der Waals surface area contributed by atoms with Crippen molar-refractivity contribution in [1.29, 1.82) is 0 Å². The summed E-state index contributed by atoms with van der Waals surface area (Å²) in [4.78, 5) is 16.6. The third-order valence-electron chi connectivity index (χ3n) is 3.97. The minimum atomic E-state index is 0.0982. The first kappa shape index (κ1) is 17.2. The topological polar surface area (TPSA) is 42.0 Å². The molecule has 1 N–H and O–H groups in total. The normalized spacial score (nSPS) is 11.9. The van der Waals surface area contributed by atoms with Crippen LogP contribution in [-0.2, 0) is 11.2 Å². The molecular formula is C20H26N2O. The molecule has 1 atom stereocenters. The van der Waals surface area contributed by atoms with Crippen LogP contribution in [-0.4, -0.2) is 10.9 Å². The van der Waals surface area contributed by atoms with Gasteiger partial charge >= 0.3 is 0 Å². The Morgan fingerprint density at radius 3 is 2.57 bits per heavy atom. The van der Waals surface area contributed by atoms with E-state index in [0.29, 0.717) is 12.8 Å². The van der Waals surface area contributed by atoms with Gasteiger partial charge in [-0.1, -0.05) is 62.6 Å². The first-order valence-corrected chi connectivity index (χ1v) is 8.54. The molecule has 1 amide bonds. The van der Waals surface area contributed by atoms with Gasteiger partial charge in [0.15, 0.2) is 0 Å². The van der Waals surface area contributed by atoms with Crippen LogP contribution in [0.5, 0.6) is 0 Å². The molecular weight excluding hydrogens is 284 g/mol. The molecule has 2 rings (SSSR count). The van der Waals surface area contributed by atoms with Crippen LogP contribution in [0.25, 0.3) is 0 Å². The Bertz CT molecular complexity index is 569. The van der Waals surface area contributed by atoms with Gasteiger partial charge in [-0.25, -0.2) is 0 Å². The van der Waals surface area contributed by atoms with Crippen molar-refractivity contribution in [2.45, 2.75) is 51.5 Å². The molecule has 0 saturated carbocycles. The van der Waals surface area contributed by atoms with E-state index in [9.17, 15) is 4.79 Å². The van der Waals surface area contributed by atoms with E-state index in [1.165, 1.54) is 18.4 Å². The van der Waals surface area contributed by atoms with Crippen molar-refractivity contribution in [2.75, 3.05) is 0 Å². The van der Waals surface area contributed by atoms with E-state index in [1.807, 2.05) is 36.4 Å². The van der Waals surface area contributed by atoms with Gasteiger partial charge in [0.05, 0.1) is 6.04 Å². The molecule has 0 aliphatic rings. The summed E-state index contributed by atoms with van der Waals surface area (Å²) in [5, 5.41) is 3.20. The van der Waals surface area contributed by atoms with Gasteiger partial charge in [-0.2, -0.15) is 0 Å². The van der Waals surface area contributed by atoms with Crippen LogP contribution in [0.2, 0.25) is 0 Å². The third kappa shape index (κ3) is 6.23. The molecule has 23 heavy (non-hydrogen) atoms. The molecule has 2 aromatic rings. The number of carbonyl (C=O) groups is 1. The molecule has 1 unspecified atom stereocenters. The number of rotatable bonds is 9. The maximum atomic E-state index is 12.3. The van der Waals surface area contributed by atoms with E-state index in [-0.39, 0.29) is 11.9 Å². The molecule has 1 aromatic heterocycles. The monoisotopic (exact) mass is 310 g/mol. The van der Waals surface area contributed by atoms with Gasteiger partial charge in [-0.3, -0.25) is 9.78 Å². The minimum Gasteiger partial charge on any atom is -0.349 e. The number of carbonyl (C=O) groups excluding carboxylic acids is 1. The maximum absolute atomic E-state index is 12.3. The largest absolute Gasteiger partial charge is 0.349 e. The maximum Gasteiger partial charge on any atom is 0.220 e. The SMILES string of the molecule is CCCCCC(NC(=O)CCc1ccccn1)c1ccccc1. The van der Waals surface area contributed by atoms with Gasteiger partial charge in [0.25, 0.3) is 0 Å². The Morgan fingerprint density at radius 1 is 1.09 bits per heavy atom. The lowest BCUT2D eigenvalue weighted by Gasteiger charge is -2.19. The zero-order valence-corrected chi connectivity index (χ0v) is 13.9. The van der Waals surface area contributed by atoms with E-state index in [0.717, 1.165) is 18.5 Å². The zero-order chi connectivity index (χ0) is 16.3. The Labute approximate surface area is 139 Å². The summed E-state index contributed by atoms with van der Waals surface area (Å²) in [5.41, 5.74) is 2.15. The second kappa shape index (κ2) is 9.78. The van der Waals surface area contributed by atoms with Crippen LogP contribution in [0.15, 0.2) is 54.7 Å². The van der Waals surface area contributed by atoms with Crippen molar-refractivity contribution in [3.8, 4) is 0 Å². The Kier molecular flexibility index (Phi) is 7.31. The standard InChI is InChI=1S/C20H26N2O/c1-2-3-5-13-19(17-10-6-4-7-11-17)22-20(23)15-14-18-12-8-9-16-21-18/h4,6-12,16,19H,2-3,5,13-15H2,1H3,(H,22,23). The molecule has 0 aliphatic heterocycles. The van der Waals surface area contributed by atoms with Crippen LogP contribution in [0.4, 0.5) is 0 Å². The highest BCUT2D eigenvalue weighted by molar-refractivity contribution is 5.76. The number of benzene rings is 1. The smallest absolute Gasteiger partial charge is 0.220 e. The van der Waals surface area contributed by atoms with Gasteiger partial charge < -0.3 is 5.32 Å². The summed E-state index contributed by atoms with van der Waals surface area (Å²) < 4.78 is 0. The summed E-state index contributed by atoms with van der Waals surface area (Å²) in [6.07, 6.45) is 7.45. The second-order valence-electron chi connectivity index (χ2n) is 5.85. The highest BCUT2D eigenvalue weighted by Gasteiger charge is 2.14. The van der Waals surface area contributed by atoms with E-state index < -0.39 is 0 Å². The lowest BCUT2D eigenvalue weighted by atomic mass is 10.00. The number of aromatic nitrogens is 1. The summed E-state index contributed by atoms with van der Waals surface area (Å²) in [5.74, 6) is 0.0982. The van der Waals surface area contributed by atoms with E-state index in [2.05, 4.69) is 29.4 Å². The summed E-state index contributed by atoms with van der Waals surface area (Å²) >= 11 is 0. The molecule has 1 heterocycles. The number of amides is 1. The lowest BCUT2D eigenvalue weighted by molar-refractivity contribution is -0.121. The van der Waals surface area contributed by atoms with Crippen molar-refractivity contribution < 1.29 is 4.79 Å². The van der Waals surface area contributed by atoms with Crippen LogP contribution >= 0.6 is 0 Å². The predicted molar refractivity (Wildman–Crippen MR) is 94.0 cm³/mol. The third-order valence-corrected chi connectivity index (χ3v) is 3.97. The fourth-order valence-electron chi connectivity index (χ4n) is 2.66. The summed E-state index contributed by atoms with van der Waals surface area (Å²) in [6.45, 7) is 2.20. The Morgan fingerprint density at radius 2 is 1.87 bits per heavy atom. The number of hydrogen-bond acceptors (Lipinski definition) is 2. The minimum absolute atomic E-state index is 0.0982. The van der Waals surface area contributed by atoms with Gasteiger partial charge in [-0.05, 0) is 30.5 Å². The van der Waals surface area contributed by atoms with Crippen LogP contribution in [0.1, 0.15) is 56.3 Å². The van der Waals surface area contributed by atoms with E-state index in [4.69, 9.17) is 0 Å². The fourth-order valence-corrected chi connectivity index (χ4v) is 2.66. The van der Waals surface area contributed by atoms with Crippen molar-refractivity contribution in [2.24, 2.45) is 0 Å². The van der Waals surface area contributed by atoms with Crippen LogP contribution in [0, 0.1) is 0 Å². The van der Waals surface area contributed by atoms with Gasteiger partial charge in [0.2, 0.25) is 5.91 Å². The van der Waals surface area contributed by atoms with Crippen molar-refractivity contribution in [3.63, 3.8) is 0 Å². The number of nitrogens with zero attached hydrogens (tertiary/aromatic N) is 1. The van der Waals surface area contributed by atoms with Gasteiger partial charge in [-0.15, -0.1) is 0 Å². The number of pyridine rings is 1. The number of hydrogen-bond donors (Lipinski definition) is 1. The van der Waals surface area contributed by atoms with Crippen molar-refractivity contribution in [3.05, 3.63) is 66.0 Å². The van der Waals surface area contributed by atoms with Crippen molar-refractivity contribution in [1.82, 2.24) is 10.3 Å². The average Bonchev–Trinajstić information content (AvgIpc) is 2.61. The summed E-state index contributed by atoms with van der Waals surface area (Å²) in [7, 11) is 0. The molecule has 0 bridgehead atoms. The lowest BCUT2D eigenvalue weighted by Crippen LogP contribution is -2.28. The number of nitrogens with one attached hydrogen (secondary N) is 1. The molecule has 0 aliphatic carbocycles. The fraction of sp³-hybridized carbons (Fsp3) is 0.400. The molecule has 122 valence electrons. The quantitative estimate of drug-likeness (QED) is 0.695. The predicted octanol–water partition coefficient (Wildman–Crippen LogP) is 4.45. The van der Waals surface area contributed by atoms with E-state index in [1.54, 1.807) is 6.20 Å². The van der Waals surface area contributed by atoms with Crippen LogP contribution in [0.3, 0.4) is 0 Å². The molecule has 3 nitrogen and oxygen atoms in total. The van der Waals surface area contributed by atoms with E-state index >= 15 is 0 Å². The zero-order valence-electron chi connectivity index (χ0n) is 13.9. The Balaban J connectivity index is 1.89. The highest BCUT2D eigenvalue weighted by atomic mass is 16.1. The molecule has 0 radical (unpaired) electrons. The Hall–Kier alpha value is -2.16. The summed E-state index contributed by atoms with van der Waals surface area (Å²) in [6, 6.07) is 16.2. The first-order valence-electron chi connectivity index (χ1n) is 8.54. The van der Waals surface area contributed by atoms with Gasteiger partial charge in [0.1, 0.15) is 0 Å². The second-order valence-corrected chi connectivity index (χ2v) is 5.85. The molecule has 0 saturated heterocycles. The molecule has 1 aromatic carbocycles. The highest BCUT2D eigenvalue weighted by Crippen LogP contribution is 2.20. The molecule has 0 spiro atoms. The number of aryl methyl sites for hydroxylation is 1. The number of unbranched alkanes of at least 4 members (excludes halogenated alkanes) is 2.